The first-order valence-corrected chi connectivity index (χ1v) is 7.75. The Bertz CT molecular complexity index is 401. The van der Waals surface area contributed by atoms with E-state index in [2.05, 4.69) is 11.4 Å². The van der Waals surface area contributed by atoms with Gasteiger partial charge in [-0.3, -0.25) is 0 Å². The number of hydrogen-bond acceptors (Lipinski definition) is 5. The Morgan fingerprint density at radius 2 is 2.00 bits per heavy atom. The molecule has 120 valence electrons. The summed E-state index contributed by atoms with van der Waals surface area (Å²) < 4.78 is 21.6. The van der Waals surface area contributed by atoms with Crippen molar-refractivity contribution in [3.05, 3.63) is 23.2 Å². The molecule has 0 amide bonds. The standard InChI is InChI=1S/C16H27NO4/c1-13-14(11-17-15-4-5-15)10-16(21-13)12-20-7-3-6-19-9-8-18-2/h10,15,17H,3-9,11-12H2,1-2H3. The number of rotatable bonds is 12. The van der Waals surface area contributed by atoms with Crippen molar-refractivity contribution in [2.24, 2.45) is 0 Å². The third-order valence-corrected chi connectivity index (χ3v) is 3.48. The Morgan fingerprint density at radius 1 is 1.19 bits per heavy atom. The Hall–Kier alpha value is -0.880. The van der Waals surface area contributed by atoms with E-state index in [4.69, 9.17) is 18.6 Å². The van der Waals surface area contributed by atoms with Gasteiger partial charge in [-0.1, -0.05) is 0 Å². The summed E-state index contributed by atoms with van der Waals surface area (Å²) in [5.41, 5.74) is 1.24. The van der Waals surface area contributed by atoms with Crippen LogP contribution in [0.3, 0.4) is 0 Å². The fraction of sp³-hybridized carbons (Fsp3) is 0.750. The van der Waals surface area contributed by atoms with Gasteiger partial charge in [-0.25, -0.2) is 0 Å². The molecular weight excluding hydrogens is 270 g/mol. The van der Waals surface area contributed by atoms with E-state index in [-0.39, 0.29) is 0 Å². The van der Waals surface area contributed by atoms with E-state index in [0.717, 1.165) is 30.5 Å². The zero-order valence-electron chi connectivity index (χ0n) is 13.2. The van der Waals surface area contributed by atoms with Gasteiger partial charge in [-0.05, 0) is 32.3 Å². The Balaban J connectivity index is 1.54. The third-order valence-electron chi connectivity index (χ3n) is 3.48. The lowest BCUT2D eigenvalue weighted by molar-refractivity contribution is 0.0452. The summed E-state index contributed by atoms with van der Waals surface area (Å²) in [6, 6.07) is 2.82. The van der Waals surface area contributed by atoms with Gasteiger partial charge < -0.3 is 23.9 Å². The van der Waals surface area contributed by atoms with Crippen LogP contribution in [0.1, 0.15) is 36.3 Å². The van der Waals surface area contributed by atoms with E-state index in [1.165, 1.54) is 18.4 Å². The van der Waals surface area contributed by atoms with Crippen LogP contribution in [0.5, 0.6) is 0 Å². The first-order chi connectivity index (χ1) is 10.3. The van der Waals surface area contributed by atoms with E-state index in [9.17, 15) is 0 Å². The zero-order chi connectivity index (χ0) is 14.9. The van der Waals surface area contributed by atoms with Gasteiger partial charge in [0.05, 0.1) is 13.2 Å². The molecule has 0 radical (unpaired) electrons. The number of methoxy groups -OCH3 is 1. The highest BCUT2D eigenvalue weighted by Crippen LogP contribution is 2.21. The first kappa shape index (κ1) is 16.5. The maximum Gasteiger partial charge on any atom is 0.130 e. The number of nitrogens with one attached hydrogen (secondary N) is 1. The molecule has 5 heteroatoms. The van der Waals surface area contributed by atoms with Crippen LogP contribution in [0, 0.1) is 6.92 Å². The number of aryl methyl sites for hydroxylation is 1. The van der Waals surface area contributed by atoms with Crippen molar-refractivity contribution in [1.29, 1.82) is 0 Å². The van der Waals surface area contributed by atoms with Crippen LogP contribution >= 0.6 is 0 Å². The second kappa shape index (κ2) is 9.20. The molecule has 0 unspecified atom stereocenters. The number of hydrogen-bond donors (Lipinski definition) is 1. The molecule has 0 bridgehead atoms. The molecule has 1 N–H and O–H groups in total. The molecule has 5 nitrogen and oxygen atoms in total. The fourth-order valence-electron chi connectivity index (χ4n) is 2.06. The zero-order valence-corrected chi connectivity index (χ0v) is 13.2. The Morgan fingerprint density at radius 3 is 2.76 bits per heavy atom. The molecular formula is C16H27NO4. The topological polar surface area (TPSA) is 52.9 Å². The minimum atomic E-state index is 0.530. The second-order valence-corrected chi connectivity index (χ2v) is 5.46. The van der Waals surface area contributed by atoms with Gasteiger partial charge in [-0.2, -0.15) is 0 Å². The molecule has 1 aliphatic carbocycles. The van der Waals surface area contributed by atoms with E-state index < -0.39 is 0 Å². The molecule has 1 fully saturated rings. The van der Waals surface area contributed by atoms with Crippen molar-refractivity contribution < 1.29 is 18.6 Å². The summed E-state index contributed by atoms with van der Waals surface area (Å²) in [6.45, 7) is 6.11. The summed E-state index contributed by atoms with van der Waals surface area (Å²) in [4.78, 5) is 0. The van der Waals surface area contributed by atoms with Gasteiger partial charge in [0.25, 0.3) is 0 Å². The van der Waals surface area contributed by atoms with Gasteiger partial charge in [0.2, 0.25) is 0 Å². The molecule has 1 aliphatic rings. The minimum absolute atomic E-state index is 0.530. The van der Waals surface area contributed by atoms with Crippen LogP contribution in [-0.4, -0.2) is 39.6 Å². The predicted molar refractivity (Wildman–Crippen MR) is 80.3 cm³/mol. The third kappa shape index (κ3) is 6.61. The van der Waals surface area contributed by atoms with Crippen LogP contribution in [0.25, 0.3) is 0 Å². The maximum absolute atomic E-state index is 5.71. The summed E-state index contributed by atoms with van der Waals surface area (Å²) >= 11 is 0. The summed E-state index contributed by atoms with van der Waals surface area (Å²) in [6.07, 6.45) is 3.50. The summed E-state index contributed by atoms with van der Waals surface area (Å²) in [7, 11) is 1.67. The lowest BCUT2D eigenvalue weighted by atomic mass is 10.2. The molecule has 1 saturated carbocycles. The SMILES string of the molecule is COCCOCCCOCc1cc(CNC2CC2)c(C)o1. The van der Waals surface area contributed by atoms with Crippen molar-refractivity contribution in [3.8, 4) is 0 Å². The molecule has 0 aromatic carbocycles. The van der Waals surface area contributed by atoms with Crippen molar-refractivity contribution >= 4 is 0 Å². The fourth-order valence-corrected chi connectivity index (χ4v) is 2.06. The second-order valence-electron chi connectivity index (χ2n) is 5.46. The smallest absolute Gasteiger partial charge is 0.130 e. The predicted octanol–water partition coefficient (Wildman–Crippen LogP) is 2.41. The quantitative estimate of drug-likeness (QED) is 0.600. The highest BCUT2D eigenvalue weighted by Gasteiger charge is 2.20. The largest absolute Gasteiger partial charge is 0.464 e. The van der Waals surface area contributed by atoms with Gasteiger partial charge in [-0.15, -0.1) is 0 Å². The lowest BCUT2D eigenvalue weighted by Gasteiger charge is -2.04. The van der Waals surface area contributed by atoms with Crippen LogP contribution in [0.15, 0.2) is 10.5 Å². The van der Waals surface area contributed by atoms with Crippen molar-refractivity contribution in [3.63, 3.8) is 0 Å². The number of furan rings is 1. The molecule has 2 rings (SSSR count). The van der Waals surface area contributed by atoms with E-state index in [1.54, 1.807) is 7.11 Å². The van der Waals surface area contributed by atoms with Crippen molar-refractivity contribution in [2.75, 3.05) is 33.5 Å². The Kier molecular flexibility index (Phi) is 7.23. The van der Waals surface area contributed by atoms with Gasteiger partial charge >= 0.3 is 0 Å². The molecule has 21 heavy (non-hydrogen) atoms. The van der Waals surface area contributed by atoms with Crippen molar-refractivity contribution in [1.82, 2.24) is 5.32 Å². The number of ether oxygens (including phenoxy) is 3. The van der Waals surface area contributed by atoms with Crippen LogP contribution < -0.4 is 5.32 Å². The van der Waals surface area contributed by atoms with Crippen molar-refractivity contribution in [2.45, 2.75) is 45.4 Å². The van der Waals surface area contributed by atoms with Gasteiger partial charge in [0.15, 0.2) is 0 Å². The van der Waals surface area contributed by atoms with E-state index in [0.29, 0.717) is 33.0 Å². The van der Waals surface area contributed by atoms with E-state index >= 15 is 0 Å². The lowest BCUT2D eigenvalue weighted by Crippen LogP contribution is -2.15. The average Bonchev–Trinajstić information content (AvgIpc) is 3.23. The molecule has 1 aromatic rings. The Labute approximate surface area is 126 Å². The van der Waals surface area contributed by atoms with Crippen LogP contribution in [0.4, 0.5) is 0 Å². The van der Waals surface area contributed by atoms with E-state index in [1.807, 2.05) is 6.92 Å². The van der Waals surface area contributed by atoms with Gasteiger partial charge in [0, 0.05) is 38.5 Å². The summed E-state index contributed by atoms with van der Waals surface area (Å²) in [5.74, 6) is 1.89. The normalized spacial score (nSPS) is 14.8. The average molecular weight is 297 g/mol. The van der Waals surface area contributed by atoms with Gasteiger partial charge in [0.1, 0.15) is 18.1 Å². The molecule has 0 aliphatic heterocycles. The maximum atomic E-state index is 5.71. The highest BCUT2D eigenvalue weighted by atomic mass is 16.5. The van der Waals surface area contributed by atoms with Crippen LogP contribution in [-0.2, 0) is 27.4 Å². The van der Waals surface area contributed by atoms with Crippen LogP contribution in [0.2, 0.25) is 0 Å². The highest BCUT2D eigenvalue weighted by molar-refractivity contribution is 5.20. The minimum Gasteiger partial charge on any atom is -0.464 e. The molecule has 1 aromatic heterocycles. The molecule has 0 atom stereocenters. The molecule has 1 heterocycles. The monoisotopic (exact) mass is 297 g/mol. The molecule has 0 spiro atoms. The first-order valence-electron chi connectivity index (χ1n) is 7.75. The summed E-state index contributed by atoms with van der Waals surface area (Å²) in [5, 5.41) is 3.50. The molecule has 0 saturated heterocycles.